The second kappa shape index (κ2) is 7.17. The number of rotatable bonds is 5. The zero-order chi connectivity index (χ0) is 18.6. The van der Waals surface area contributed by atoms with Crippen molar-refractivity contribution in [1.82, 2.24) is 5.48 Å². The Balaban J connectivity index is 1.80. The molecule has 6 heteroatoms. The van der Waals surface area contributed by atoms with Gasteiger partial charge in [0.05, 0.1) is 0 Å². The van der Waals surface area contributed by atoms with Crippen LogP contribution in [0.4, 0.5) is 0 Å². The highest BCUT2D eigenvalue weighted by molar-refractivity contribution is 5.71. The van der Waals surface area contributed by atoms with Crippen molar-refractivity contribution < 1.29 is 19.1 Å². The van der Waals surface area contributed by atoms with Crippen molar-refractivity contribution in [2.45, 2.75) is 32.0 Å². The molecule has 0 saturated heterocycles. The number of carbonyl (C=O) groups excluding carboxylic acids is 1. The molecule has 0 fully saturated rings. The summed E-state index contributed by atoms with van der Waals surface area (Å²) >= 11 is 0. The molecule has 0 aliphatic carbocycles. The molecule has 2 aromatic carbocycles. The van der Waals surface area contributed by atoms with Crippen molar-refractivity contribution in [1.29, 1.82) is 0 Å². The van der Waals surface area contributed by atoms with Crippen LogP contribution in [0.15, 0.2) is 59.6 Å². The van der Waals surface area contributed by atoms with E-state index < -0.39 is 17.2 Å². The molecule has 3 rings (SSSR count). The van der Waals surface area contributed by atoms with E-state index in [9.17, 15) is 4.79 Å². The third-order valence-electron chi connectivity index (χ3n) is 3.73. The van der Waals surface area contributed by atoms with Gasteiger partial charge in [0.15, 0.2) is 18.7 Å². The zero-order valence-corrected chi connectivity index (χ0v) is 15.1. The molecule has 1 heterocycles. The Bertz CT molecular complexity index is 799. The summed E-state index contributed by atoms with van der Waals surface area (Å²) in [6.07, 6.45) is 1.38. The van der Waals surface area contributed by atoms with Crippen molar-refractivity contribution in [2.75, 3.05) is 6.61 Å². The SMILES string of the molecule is CC(C)(C)OC(=O)COc1cccc(C2(c3ccccc3)N=CON2)c1. The molecule has 0 aromatic heterocycles. The maximum atomic E-state index is 11.9. The van der Waals surface area contributed by atoms with E-state index in [1.54, 1.807) is 6.07 Å². The molecule has 0 spiro atoms. The van der Waals surface area contributed by atoms with Crippen molar-refractivity contribution in [3.63, 3.8) is 0 Å². The van der Waals surface area contributed by atoms with Crippen LogP contribution in [0.2, 0.25) is 0 Å². The number of hydrogen-bond donors (Lipinski definition) is 1. The summed E-state index contributed by atoms with van der Waals surface area (Å²) in [6, 6.07) is 17.1. The molecule has 6 nitrogen and oxygen atoms in total. The molecule has 1 N–H and O–H groups in total. The van der Waals surface area contributed by atoms with Crippen LogP contribution in [-0.4, -0.2) is 24.6 Å². The molecule has 1 aliphatic rings. The number of nitrogens with one attached hydrogen (secondary N) is 1. The van der Waals surface area contributed by atoms with E-state index in [1.807, 2.05) is 69.3 Å². The van der Waals surface area contributed by atoms with E-state index in [4.69, 9.17) is 14.3 Å². The Labute approximate surface area is 152 Å². The van der Waals surface area contributed by atoms with Gasteiger partial charge in [0.1, 0.15) is 11.4 Å². The van der Waals surface area contributed by atoms with Gasteiger partial charge in [0, 0.05) is 11.1 Å². The van der Waals surface area contributed by atoms with E-state index in [1.165, 1.54) is 6.40 Å². The molecule has 1 aliphatic heterocycles. The molecule has 0 bridgehead atoms. The van der Waals surface area contributed by atoms with Crippen LogP contribution in [0.25, 0.3) is 0 Å². The van der Waals surface area contributed by atoms with Crippen LogP contribution >= 0.6 is 0 Å². The standard InChI is InChI=1S/C20H22N2O4/c1-19(2,3)26-18(23)13-24-17-11-7-10-16(12-17)20(21-14-25-22-20)15-8-5-4-6-9-15/h4-12,14,22H,13H2,1-3H3. The number of esters is 1. The van der Waals surface area contributed by atoms with Gasteiger partial charge in [-0.3, -0.25) is 0 Å². The maximum Gasteiger partial charge on any atom is 0.344 e. The normalized spacial score (nSPS) is 19.0. The van der Waals surface area contributed by atoms with Crippen molar-refractivity contribution in [3.8, 4) is 5.75 Å². The lowest BCUT2D eigenvalue weighted by Crippen LogP contribution is -2.37. The van der Waals surface area contributed by atoms with Crippen LogP contribution in [0.5, 0.6) is 5.75 Å². The van der Waals surface area contributed by atoms with Crippen LogP contribution in [0.1, 0.15) is 31.9 Å². The van der Waals surface area contributed by atoms with E-state index in [0.29, 0.717) is 5.75 Å². The largest absolute Gasteiger partial charge is 0.482 e. The number of nitrogens with zero attached hydrogens (tertiary/aromatic N) is 1. The molecule has 136 valence electrons. The highest BCUT2D eigenvalue weighted by Gasteiger charge is 2.37. The molecular weight excluding hydrogens is 332 g/mol. The monoisotopic (exact) mass is 354 g/mol. The van der Waals surface area contributed by atoms with Gasteiger partial charge in [-0.15, -0.1) is 5.48 Å². The van der Waals surface area contributed by atoms with Gasteiger partial charge < -0.3 is 14.3 Å². The zero-order valence-electron chi connectivity index (χ0n) is 15.1. The van der Waals surface area contributed by atoms with Gasteiger partial charge in [-0.1, -0.05) is 42.5 Å². The molecule has 26 heavy (non-hydrogen) atoms. The summed E-state index contributed by atoms with van der Waals surface area (Å²) in [5, 5.41) is 0. The molecule has 1 atom stereocenters. The Morgan fingerprint density at radius 1 is 1.12 bits per heavy atom. The first-order chi connectivity index (χ1) is 12.4. The first-order valence-corrected chi connectivity index (χ1v) is 8.36. The Morgan fingerprint density at radius 3 is 2.50 bits per heavy atom. The highest BCUT2D eigenvalue weighted by atomic mass is 16.7. The smallest absolute Gasteiger partial charge is 0.344 e. The summed E-state index contributed by atoms with van der Waals surface area (Å²) in [6.45, 7) is 5.29. The van der Waals surface area contributed by atoms with Crippen molar-refractivity contribution in [2.24, 2.45) is 4.99 Å². The Morgan fingerprint density at radius 2 is 1.85 bits per heavy atom. The van der Waals surface area contributed by atoms with Gasteiger partial charge in [-0.25, -0.2) is 9.79 Å². The molecular formula is C20H22N2O4. The third kappa shape index (κ3) is 4.03. The summed E-state index contributed by atoms with van der Waals surface area (Å²) in [7, 11) is 0. The fourth-order valence-corrected chi connectivity index (χ4v) is 2.68. The lowest BCUT2D eigenvalue weighted by Gasteiger charge is -2.26. The van der Waals surface area contributed by atoms with E-state index in [2.05, 4.69) is 10.5 Å². The first-order valence-electron chi connectivity index (χ1n) is 8.36. The van der Waals surface area contributed by atoms with Gasteiger partial charge >= 0.3 is 5.97 Å². The fraction of sp³-hybridized carbons (Fsp3) is 0.300. The predicted molar refractivity (Wildman–Crippen MR) is 97.7 cm³/mol. The number of hydrogen-bond acceptors (Lipinski definition) is 6. The van der Waals surface area contributed by atoms with Crippen LogP contribution in [0, 0.1) is 0 Å². The molecule has 0 radical (unpaired) electrons. The highest BCUT2D eigenvalue weighted by Crippen LogP contribution is 2.34. The van der Waals surface area contributed by atoms with Gasteiger partial charge in [-0.2, -0.15) is 0 Å². The van der Waals surface area contributed by atoms with Crippen LogP contribution in [0.3, 0.4) is 0 Å². The van der Waals surface area contributed by atoms with E-state index in [-0.39, 0.29) is 6.61 Å². The summed E-state index contributed by atoms with van der Waals surface area (Å²) in [5.41, 5.74) is 3.32. The minimum Gasteiger partial charge on any atom is -0.482 e. The number of hydroxylamine groups is 1. The van der Waals surface area contributed by atoms with E-state index in [0.717, 1.165) is 11.1 Å². The van der Waals surface area contributed by atoms with Gasteiger partial charge in [-0.05, 0) is 32.9 Å². The van der Waals surface area contributed by atoms with Crippen molar-refractivity contribution >= 4 is 12.4 Å². The number of benzene rings is 2. The predicted octanol–water partition coefficient (Wildman–Crippen LogP) is 3.17. The van der Waals surface area contributed by atoms with Gasteiger partial charge in [0.25, 0.3) is 0 Å². The van der Waals surface area contributed by atoms with Crippen LogP contribution in [-0.2, 0) is 20.0 Å². The Kier molecular flexibility index (Phi) is 4.95. The summed E-state index contributed by atoms with van der Waals surface area (Å²) in [5.74, 6) is 0.133. The maximum absolute atomic E-state index is 11.9. The first kappa shape index (κ1) is 17.9. The quantitative estimate of drug-likeness (QED) is 0.835. The minimum atomic E-state index is -0.855. The second-order valence-corrected chi connectivity index (χ2v) is 6.93. The number of ether oxygens (including phenoxy) is 2. The lowest BCUT2D eigenvalue weighted by atomic mass is 9.92. The lowest BCUT2D eigenvalue weighted by molar-refractivity contribution is -0.157. The molecule has 0 saturated carbocycles. The molecule has 1 unspecified atom stereocenters. The van der Waals surface area contributed by atoms with Crippen LogP contribution < -0.4 is 10.2 Å². The molecule has 0 amide bonds. The Hall–Kier alpha value is -2.86. The fourth-order valence-electron chi connectivity index (χ4n) is 2.68. The molecule has 2 aromatic rings. The number of carbonyl (C=O) groups is 1. The summed E-state index contributed by atoms with van der Waals surface area (Å²) < 4.78 is 10.9. The topological polar surface area (TPSA) is 69.2 Å². The third-order valence-corrected chi connectivity index (χ3v) is 3.73. The average molecular weight is 354 g/mol. The second-order valence-electron chi connectivity index (χ2n) is 6.93. The van der Waals surface area contributed by atoms with Crippen molar-refractivity contribution in [3.05, 3.63) is 65.7 Å². The number of aliphatic imine (C=N–C) groups is 1. The van der Waals surface area contributed by atoms with Gasteiger partial charge in [0.2, 0.25) is 0 Å². The minimum absolute atomic E-state index is 0.160. The summed E-state index contributed by atoms with van der Waals surface area (Å²) in [4.78, 5) is 21.5. The average Bonchev–Trinajstić information content (AvgIpc) is 3.11. The van der Waals surface area contributed by atoms with E-state index >= 15 is 0 Å².